The first kappa shape index (κ1) is 30.7. The molecule has 8 unspecified atom stereocenters. The van der Waals surface area contributed by atoms with E-state index >= 15 is 0 Å². The molecule has 36 heavy (non-hydrogen) atoms. The van der Waals surface area contributed by atoms with Gasteiger partial charge < -0.3 is 39.2 Å². The molecule has 0 spiro atoms. The molecule has 0 aromatic heterocycles. The Balaban J connectivity index is 1.98. The molecule has 3 N–H and O–H groups in total. The molecular weight excluding hydrogens is 470 g/mol. The highest BCUT2D eigenvalue weighted by Crippen LogP contribution is 2.30. The van der Waals surface area contributed by atoms with Crippen molar-refractivity contribution in [2.45, 2.75) is 134 Å². The van der Waals surface area contributed by atoms with Crippen LogP contribution in [0.4, 0.5) is 0 Å². The van der Waals surface area contributed by atoms with Gasteiger partial charge in [-0.15, -0.1) is 0 Å². The summed E-state index contributed by atoms with van der Waals surface area (Å²) >= 11 is 0. The van der Waals surface area contributed by atoms with Crippen LogP contribution >= 0.6 is 0 Å². The lowest BCUT2D eigenvalue weighted by molar-refractivity contribution is -0.257. The zero-order valence-corrected chi connectivity index (χ0v) is 22.1. The van der Waals surface area contributed by atoms with Crippen molar-refractivity contribution >= 4 is 11.9 Å². The minimum absolute atomic E-state index is 0.116. The van der Waals surface area contributed by atoms with Crippen LogP contribution in [0.5, 0.6) is 0 Å². The highest BCUT2D eigenvalue weighted by atomic mass is 16.7. The van der Waals surface area contributed by atoms with E-state index in [1.807, 2.05) is 13.8 Å². The number of carbonyl (C=O) groups is 2. The van der Waals surface area contributed by atoms with Gasteiger partial charge in [0.05, 0.1) is 43.2 Å². The summed E-state index contributed by atoms with van der Waals surface area (Å²) in [5.41, 5.74) is 0. The lowest BCUT2D eigenvalue weighted by Crippen LogP contribution is -2.46. The number of esters is 1. The summed E-state index contributed by atoms with van der Waals surface area (Å²) in [6, 6.07) is 0. The fourth-order valence-corrected chi connectivity index (χ4v) is 4.79. The first-order chi connectivity index (χ1) is 17.1. The number of nitrogens with one attached hydrogen (secondary N) is 1. The molecular formula is C26H45NO9. The first-order valence-electron chi connectivity index (χ1n) is 13.2. The van der Waals surface area contributed by atoms with Crippen LogP contribution in [-0.2, 0) is 33.3 Å². The molecule has 0 aromatic rings. The Morgan fingerprint density at radius 3 is 1.97 bits per heavy atom. The van der Waals surface area contributed by atoms with Gasteiger partial charge >= 0.3 is 5.97 Å². The van der Waals surface area contributed by atoms with E-state index in [4.69, 9.17) is 23.7 Å². The Labute approximate surface area is 214 Å². The van der Waals surface area contributed by atoms with Crippen molar-refractivity contribution < 1.29 is 43.5 Å². The van der Waals surface area contributed by atoms with Gasteiger partial charge in [-0.25, -0.2) is 0 Å². The Morgan fingerprint density at radius 2 is 1.50 bits per heavy atom. The molecule has 2 saturated heterocycles. The van der Waals surface area contributed by atoms with E-state index in [0.29, 0.717) is 51.4 Å². The molecule has 0 saturated carbocycles. The van der Waals surface area contributed by atoms with Gasteiger partial charge in [-0.1, -0.05) is 20.4 Å². The number of ether oxygens (including phenoxy) is 5. The van der Waals surface area contributed by atoms with Crippen LogP contribution in [0.1, 0.15) is 79.1 Å². The molecule has 0 radical (unpaired) electrons. The maximum atomic E-state index is 11.6. The van der Waals surface area contributed by atoms with E-state index in [-0.39, 0.29) is 55.2 Å². The summed E-state index contributed by atoms with van der Waals surface area (Å²) in [6.07, 6.45) is 2.10. The van der Waals surface area contributed by atoms with Crippen molar-refractivity contribution in [1.82, 2.24) is 5.32 Å². The maximum absolute atomic E-state index is 11.6. The van der Waals surface area contributed by atoms with Gasteiger partial charge in [0.25, 0.3) is 0 Å². The minimum Gasteiger partial charge on any atom is -0.462 e. The molecule has 2 heterocycles. The van der Waals surface area contributed by atoms with Crippen molar-refractivity contribution in [3.63, 3.8) is 0 Å². The van der Waals surface area contributed by atoms with Gasteiger partial charge in [0, 0.05) is 26.2 Å². The normalized spacial score (nSPS) is 31.2. The number of amides is 1. The Hall–Kier alpha value is -1.56. The van der Waals surface area contributed by atoms with Crippen LogP contribution < -0.4 is 5.32 Å². The zero-order valence-electron chi connectivity index (χ0n) is 22.1. The molecule has 2 rings (SSSR count). The zero-order chi connectivity index (χ0) is 26.7. The van der Waals surface area contributed by atoms with Gasteiger partial charge in [0.2, 0.25) is 5.91 Å². The average Bonchev–Trinajstić information content (AvgIpc) is 2.80. The van der Waals surface area contributed by atoms with E-state index in [9.17, 15) is 19.8 Å². The largest absolute Gasteiger partial charge is 0.462 e. The Morgan fingerprint density at radius 1 is 0.972 bits per heavy atom. The topological polar surface area (TPSA) is 133 Å². The van der Waals surface area contributed by atoms with Crippen LogP contribution in [0.2, 0.25) is 0 Å². The van der Waals surface area contributed by atoms with Crippen molar-refractivity contribution in [1.29, 1.82) is 0 Å². The lowest BCUT2D eigenvalue weighted by Gasteiger charge is -2.39. The number of aliphatic hydroxyl groups excluding tert-OH is 2. The van der Waals surface area contributed by atoms with E-state index in [1.165, 1.54) is 13.0 Å². The van der Waals surface area contributed by atoms with E-state index in [1.54, 1.807) is 6.92 Å². The predicted octanol–water partition coefficient (Wildman–Crippen LogP) is 2.34. The molecule has 10 heteroatoms. The fraction of sp³-hybridized carbons (Fsp3) is 0.846. The maximum Gasteiger partial charge on any atom is 0.302 e. The second-order valence-electron chi connectivity index (χ2n) is 9.81. The van der Waals surface area contributed by atoms with Crippen LogP contribution in [0, 0.1) is 0 Å². The van der Waals surface area contributed by atoms with Gasteiger partial charge in [-0.05, 0) is 45.1 Å². The molecule has 9 atom stereocenters. The fourth-order valence-electron chi connectivity index (χ4n) is 4.79. The van der Waals surface area contributed by atoms with Crippen molar-refractivity contribution in [3.05, 3.63) is 12.7 Å². The summed E-state index contributed by atoms with van der Waals surface area (Å²) in [7, 11) is 0. The van der Waals surface area contributed by atoms with E-state index in [0.717, 1.165) is 0 Å². The van der Waals surface area contributed by atoms with Crippen LogP contribution in [-0.4, -0.2) is 83.9 Å². The van der Waals surface area contributed by atoms with Crippen molar-refractivity contribution in [2.75, 3.05) is 6.54 Å². The van der Waals surface area contributed by atoms with Crippen LogP contribution in [0.3, 0.4) is 0 Å². The highest BCUT2D eigenvalue weighted by Gasteiger charge is 2.35. The van der Waals surface area contributed by atoms with E-state index < -0.39 is 18.5 Å². The second kappa shape index (κ2) is 15.6. The monoisotopic (exact) mass is 515 g/mol. The van der Waals surface area contributed by atoms with Gasteiger partial charge in [0.1, 0.15) is 6.10 Å². The molecule has 10 nitrogen and oxygen atoms in total. The Bertz CT molecular complexity index is 688. The Kier molecular flexibility index (Phi) is 13.3. The lowest BCUT2D eigenvalue weighted by atomic mass is 9.95. The third kappa shape index (κ3) is 11.2. The second-order valence-corrected chi connectivity index (χ2v) is 9.81. The smallest absolute Gasteiger partial charge is 0.302 e. The number of hydrogen-bond donors (Lipinski definition) is 3. The third-order valence-electron chi connectivity index (χ3n) is 6.38. The van der Waals surface area contributed by atoms with Crippen molar-refractivity contribution in [2.24, 2.45) is 0 Å². The molecule has 0 aromatic carbocycles. The summed E-state index contributed by atoms with van der Waals surface area (Å²) in [6.45, 7) is 10.6. The number of hydrogen-bond acceptors (Lipinski definition) is 9. The van der Waals surface area contributed by atoms with Gasteiger partial charge in [0.15, 0.2) is 12.6 Å². The standard InChI is InChI=1S/C26H45NO9/c1-6-19(32-17(5)29)12-23-14-22(35-26(36-23)15-27-24(31)7-2)11-18(30)10-21-13-20(9-16(4)28)33-25(8-3)34-21/h7,16,18-23,25-26,28,30H,2,6,8-15H2,1,3-5H3,(H,27,31)/t16-,18?,19?,20?,21?,22?,23?,25?,26?/m1/s1. The molecule has 0 aliphatic carbocycles. The summed E-state index contributed by atoms with van der Waals surface area (Å²) in [4.78, 5) is 23.1. The first-order valence-corrected chi connectivity index (χ1v) is 13.2. The molecule has 2 aliphatic heterocycles. The van der Waals surface area contributed by atoms with Gasteiger partial charge in [-0.2, -0.15) is 0 Å². The van der Waals surface area contributed by atoms with Crippen LogP contribution in [0.15, 0.2) is 12.7 Å². The molecule has 2 fully saturated rings. The quantitative estimate of drug-likeness (QED) is 0.235. The predicted molar refractivity (Wildman–Crippen MR) is 132 cm³/mol. The average molecular weight is 516 g/mol. The number of carbonyl (C=O) groups excluding carboxylic acids is 2. The SMILES string of the molecule is C=CC(=O)NCC1OC(CC(O)CC2CC(C[C@@H](C)O)OC(CC)O2)CC(CC(CC)OC(C)=O)O1. The number of aliphatic hydroxyl groups is 2. The molecule has 2 aliphatic rings. The third-order valence-corrected chi connectivity index (χ3v) is 6.38. The van der Waals surface area contributed by atoms with Crippen molar-refractivity contribution in [3.8, 4) is 0 Å². The highest BCUT2D eigenvalue weighted by molar-refractivity contribution is 5.86. The van der Waals surface area contributed by atoms with Crippen LogP contribution in [0.25, 0.3) is 0 Å². The minimum atomic E-state index is -0.695. The number of rotatable bonds is 14. The summed E-state index contributed by atoms with van der Waals surface area (Å²) in [5.74, 6) is -0.674. The van der Waals surface area contributed by atoms with Gasteiger partial charge in [-0.3, -0.25) is 9.59 Å². The molecule has 208 valence electrons. The van der Waals surface area contributed by atoms with E-state index in [2.05, 4.69) is 11.9 Å². The summed E-state index contributed by atoms with van der Waals surface area (Å²) < 4.78 is 29.3. The molecule has 0 bridgehead atoms. The summed E-state index contributed by atoms with van der Waals surface area (Å²) in [5, 5.41) is 23.4. The molecule has 1 amide bonds.